The number of hydrogen-bond acceptors (Lipinski definition) is 3. The summed E-state index contributed by atoms with van der Waals surface area (Å²) in [4.78, 5) is 27.5. The normalized spacial score (nSPS) is 18.3. The van der Waals surface area contributed by atoms with Gasteiger partial charge in [0.2, 0.25) is 0 Å². The SMILES string of the molecule is Cc1ccc(N2C(=O)C(=O)/C(=C(\O)c3ccccc3)C2c2ccc(Br)cc2)cc1. The minimum Gasteiger partial charge on any atom is -0.507 e. The number of halogens is 1. The van der Waals surface area contributed by atoms with Crippen LogP contribution in [-0.2, 0) is 9.59 Å². The Kier molecular flexibility index (Phi) is 5.07. The highest BCUT2D eigenvalue weighted by atomic mass is 79.9. The van der Waals surface area contributed by atoms with Crippen LogP contribution in [0.3, 0.4) is 0 Å². The van der Waals surface area contributed by atoms with Crippen LogP contribution in [-0.4, -0.2) is 16.8 Å². The molecule has 0 radical (unpaired) electrons. The summed E-state index contributed by atoms with van der Waals surface area (Å²) in [6, 6.07) is 22.9. The molecule has 3 aromatic carbocycles. The molecular formula is C24H18BrNO3. The lowest BCUT2D eigenvalue weighted by Gasteiger charge is -2.25. The van der Waals surface area contributed by atoms with Crippen molar-refractivity contribution >= 4 is 39.1 Å². The first kappa shape index (κ1) is 19.2. The molecule has 0 saturated carbocycles. The van der Waals surface area contributed by atoms with Crippen LogP contribution in [0.2, 0.25) is 0 Å². The maximum atomic E-state index is 13.0. The molecule has 29 heavy (non-hydrogen) atoms. The van der Waals surface area contributed by atoms with Crippen LogP contribution in [0.15, 0.2) is 88.9 Å². The molecule has 1 aliphatic heterocycles. The van der Waals surface area contributed by atoms with Crippen LogP contribution in [0.5, 0.6) is 0 Å². The van der Waals surface area contributed by atoms with E-state index in [9.17, 15) is 14.7 Å². The number of nitrogens with zero attached hydrogens (tertiary/aromatic N) is 1. The van der Waals surface area contributed by atoms with Crippen molar-refractivity contribution in [2.75, 3.05) is 4.90 Å². The summed E-state index contributed by atoms with van der Waals surface area (Å²) in [5, 5.41) is 11.0. The number of carbonyl (C=O) groups excluding carboxylic acids is 2. The van der Waals surface area contributed by atoms with Crippen LogP contribution in [0, 0.1) is 6.92 Å². The van der Waals surface area contributed by atoms with Crippen molar-refractivity contribution in [1.82, 2.24) is 0 Å². The molecule has 0 spiro atoms. The standard InChI is InChI=1S/C24H18BrNO3/c1-15-7-13-19(14-8-15)26-21(16-9-11-18(25)12-10-16)20(23(28)24(26)29)22(27)17-5-3-2-4-6-17/h2-14,21,27H,1H3/b22-20-. The maximum Gasteiger partial charge on any atom is 0.300 e. The number of aliphatic hydroxyl groups is 1. The Bertz CT molecular complexity index is 1100. The Hall–Kier alpha value is -3.18. The van der Waals surface area contributed by atoms with E-state index in [2.05, 4.69) is 15.9 Å². The second-order valence-electron chi connectivity index (χ2n) is 6.92. The Morgan fingerprint density at radius 1 is 0.897 bits per heavy atom. The maximum absolute atomic E-state index is 13.0. The molecule has 4 rings (SSSR count). The molecule has 5 heteroatoms. The van der Waals surface area contributed by atoms with Gasteiger partial charge in [-0.3, -0.25) is 14.5 Å². The third-order valence-electron chi connectivity index (χ3n) is 4.99. The van der Waals surface area contributed by atoms with Gasteiger partial charge < -0.3 is 5.11 Å². The number of rotatable bonds is 3. The molecule has 0 aromatic heterocycles. The average Bonchev–Trinajstić information content (AvgIpc) is 3.00. The van der Waals surface area contributed by atoms with E-state index < -0.39 is 17.7 Å². The summed E-state index contributed by atoms with van der Waals surface area (Å²) in [7, 11) is 0. The number of benzene rings is 3. The molecule has 1 heterocycles. The van der Waals surface area contributed by atoms with Gasteiger partial charge in [-0.2, -0.15) is 0 Å². The third kappa shape index (κ3) is 3.49. The molecule has 1 unspecified atom stereocenters. The summed E-state index contributed by atoms with van der Waals surface area (Å²) in [5.41, 5.74) is 2.98. The number of carbonyl (C=O) groups is 2. The van der Waals surface area contributed by atoms with E-state index >= 15 is 0 Å². The fraction of sp³-hybridized carbons (Fsp3) is 0.0833. The first-order valence-electron chi connectivity index (χ1n) is 9.16. The molecule has 1 N–H and O–H groups in total. The van der Waals surface area contributed by atoms with Gasteiger partial charge in [0.15, 0.2) is 0 Å². The Balaban J connectivity index is 1.94. The molecule has 0 bridgehead atoms. The Morgan fingerprint density at radius 2 is 1.52 bits per heavy atom. The summed E-state index contributed by atoms with van der Waals surface area (Å²) >= 11 is 3.42. The van der Waals surface area contributed by atoms with Gasteiger partial charge in [-0.1, -0.05) is 76.1 Å². The van der Waals surface area contributed by atoms with E-state index in [0.29, 0.717) is 11.3 Å². The van der Waals surface area contributed by atoms with Gasteiger partial charge in [-0.05, 0) is 36.8 Å². The summed E-state index contributed by atoms with van der Waals surface area (Å²) in [6.07, 6.45) is 0. The number of Topliss-reactive ketones (excluding diaryl/α,β-unsaturated/α-hetero) is 1. The third-order valence-corrected chi connectivity index (χ3v) is 5.52. The highest BCUT2D eigenvalue weighted by Gasteiger charge is 2.46. The largest absolute Gasteiger partial charge is 0.507 e. The molecule has 144 valence electrons. The minimum absolute atomic E-state index is 0.0871. The second kappa shape index (κ2) is 7.68. The van der Waals surface area contributed by atoms with E-state index in [4.69, 9.17) is 0 Å². The fourth-order valence-corrected chi connectivity index (χ4v) is 3.78. The van der Waals surface area contributed by atoms with Crippen molar-refractivity contribution in [3.63, 3.8) is 0 Å². The number of aryl methyl sites for hydroxylation is 1. The van der Waals surface area contributed by atoms with E-state index in [0.717, 1.165) is 15.6 Å². The van der Waals surface area contributed by atoms with Crippen molar-refractivity contribution in [1.29, 1.82) is 0 Å². The van der Waals surface area contributed by atoms with Gasteiger partial charge in [0.1, 0.15) is 5.76 Å². The lowest BCUT2D eigenvalue weighted by molar-refractivity contribution is -0.132. The molecule has 1 aliphatic rings. The number of ketones is 1. The van der Waals surface area contributed by atoms with Gasteiger partial charge in [-0.25, -0.2) is 0 Å². The summed E-state index contributed by atoms with van der Waals surface area (Å²) < 4.78 is 0.886. The number of hydrogen-bond donors (Lipinski definition) is 1. The molecule has 1 atom stereocenters. The van der Waals surface area contributed by atoms with Gasteiger partial charge in [0, 0.05) is 15.7 Å². The lowest BCUT2D eigenvalue weighted by atomic mass is 9.95. The highest BCUT2D eigenvalue weighted by Crippen LogP contribution is 2.42. The van der Waals surface area contributed by atoms with Crippen LogP contribution in [0.1, 0.15) is 22.7 Å². The van der Waals surface area contributed by atoms with E-state index in [1.807, 2.05) is 61.5 Å². The molecule has 1 amide bonds. The van der Waals surface area contributed by atoms with Crippen molar-refractivity contribution in [2.45, 2.75) is 13.0 Å². The molecule has 4 nitrogen and oxygen atoms in total. The fourth-order valence-electron chi connectivity index (χ4n) is 3.52. The first-order valence-corrected chi connectivity index (χ1v) is 9.95. The van der Waals surface area contributed by atoms with Gasteiger partial charge in [-0.15, -0.1) is 0 Å². The zero-order valence-electron chi connectivity index (χ0n) is 15.7. The number of aliphatic hydroxyl groups excluding tert-OH is 1. The average molecular weight is 448 g/mol. The Morgan fingerprint density at radius 3 is 2.14 bits per heavy atom. The van der Waals surface area contributed by atoms with Gasteiger partial charge >= 0.3 is 0 Å². The molecule has 1 saturated heterocycles. The molecule has 3 aromatic rings. The topological polar surface area (TPSA) is 57.6 Å². The smallest absolute Gasteiger partial charge is 0.300 e. The monoisotopic (exact) mass is 447 g/mol. The lowest BCUT2D eigenvalue weighted by Crippen LogP contribution is -2.29. The molecule has 0 aliphatic carbocycles. The number of anilines is 1. The highest BCUT2D eigenvalue weighted by molar-refractivity contribution is 9.10. The van der Waals surface area contributed by atoms with Gasteiger partial charge in [0.05, 0.1) is 11.6 Å². The van der Waals surface area contributed by atoms with E-state index in [1.54, 1.807) is 24.3 Å². The molecule has 1 fully saturated rings. The van der Waals surface area contributed by atoms with Crippen LogP contribution in [0.4, 0.5) is 5.69 Å². The predicted molar refractivity (Wildman–Crippen MR) is 117 cm³/mol. The minimum atomic E-state index is -0.717. The zero-order chi connectivity index (χ0) is 20.5. The summed E-state index contributed by atoms with van der Waals surface area (Å²) in [6.45, 7) is 1.96. The van der Waals surface area contributed by atoms with Crippen LogP contribution >= 0.6 is 15.9 Å². The summed E-state index contributed by atoms with van der Waals surface area (Å²) in [5.74, 6) is -1.52. The second-order valence-corrected chi connectivity index (χ2v) is 7.84. The van der Waals surface area contributed by atoms with Crippen molar-refractivity contribution in [2.24, 2.45) is 0 Å². The van der Waals surface area contributed by atoms with Crippen molar-refractivity contribution in [3.8, 4) is 0 Å². The number of amides is 1. The molecular weight excluding hydrogens is 430 g/mol. The zero-order valence-corrected chi connectivity index (χ0v) is 17.3. The van der Waals surface area contributed by atoms with Crippen LogP contribution in [0.25, 0.3) is 5.76 Å². The van der Waals surface area contributed by atoms with E-state index in [-0.39, 0.29) is 11.3 Å². The first-order chi connectivity index (χ1) is 14.0. The van der Waals surface area contributed by atoms with Crippen molar-refractivity contribution in [3.05, 3.63) is 106 Å². The van der Waals surface area contributed by atoms with Crippen molar-refractivity contribution < 1.29 is 14.7 Å². The van der Waals surface area contributed by atoms with Crippen LogP contribution < -0.4 is 4.90 Å². The predicted octanol–water partition coefficient (Wildman–Crippen LogP) is 5.38. The van der Waals surface area contributed by atoms with Gasteiger partial charge in [0.25, 0.3) is 11.7 Å². The Labute approximate surface area is 177 Å². The van der Waals surface area contributed by atoms with E-state index in [1.165, 1.54) is 4.90 Å². The quantitative estimate of drug-likeness (QED) is 0.332.